The molecular weight excluding hydrogens is 538 g/mol. The summed E-state index contributed by atoms with van der Waals surface area (Å²) < 4.78 is 5.32. The van der Waals surface area contributed by atoms with Crippen molar-refractivity contribution < 1.29 is 34.1 Å². The number of aliphatic carboxylic acids is 1. The number of benzene rings is 3. The Bertz CT molecular complexity index is 1310. The summed E-state index contributed by atoms with van der Waals surface area (Å²) in [5, 5.41) is 27.1. The van der Waals surface area contributed by atoms with Gasteiger partial charge in [-0.3, -0.25) is 9.59 Å². The highest BCUT2D eigenvalue weighted by Gasteiger charge is 2.30. The number of hydrogen-bond acceptors (Lipinski definition) is 6. The Balaban J connectivity index is 1.80. The summed E-state index contributed by atoms with van der Waals surface area (Å²) in [6, 6.07) is 20.8. The third-order valence-corrected chi connectivity index (χ3v) is 6.43. The minimum absolute atomic E-state index is 0.00195. The van der Waals surface area contributed by atoms with Crippen LogP contribution in [0.25, 0.3) is 0 Å². The van der Waals surface area contributed by atoms with E-state index in [1.54, 1.807) is 48.5 Å². The van der Waals surface area contributed by atoms with E-state index < -0.39 is 42.0 Å². The third kappa shape index (κ3) is 10.6. The maximum absolute atomic E-state index is 13.6. The molecule has 10 heteroatoms. The number of nitrogens with one attached hydrogen (secondary N) is 3. The van der Waals surface area contributed by atoms with Crippen LogP contribution in [-0.4, -0.2) is 52.2 Å². The maximum atomic E-state index is 13.6. The second-order valence-corrected chi connectivity index (χ2v) is 10.4. The molecule has 0 aromatic heterocycles. The van der Waals surface area contributed by atoms with Crippen LogP contribution in [0, 0.1) is 5.92 Å². The van der Waals surface area contributed by atoms with E-state index in [4.69, 9.17) is 4.74 Å². The number of phenolic OH excluding ortho intramolecular Hbond substituents is 1. The number of carboxylic acid groups (broad SMARTS) is 1. The Labute approximate surface area is 245 Å². The molecule has 0 heterocycles. The molecule has 10 nitrogen and oxygen atoms in total. The van der Waals surface area contributed by atoms with E-state index in [2.05, 4.69) is 16.0 Å². The summed E-state index contributed by atoms with van der Waals surface area (Å²) in [4.78, 5) is 51.5. The van der Waals surface area contributed by atoms with E-state index in [0.29, 0.717) is 5.56 Å². The average molecular weight is 576 g/mol. The molecule has 3 amide bonds. The molecule has 0 radical (unpaired) electrons. The molecule has 0 spiro atoms. The fourth-order valence-electron chi connectivity index (χ4n) is 4.28. The van der Waals surface area contributed by atoms with Crippen LogP contribution in [-0.2, 0) is 38.6 Å². The van der Waals surface area contributed by atoms with E-state index in [9.17, 15) is 29.4 Å². The van der Waals surface area contributed by atoms with Gasteiger partial charge in [0.25, 0.3) is 0 Å². The molecule has 3 rings (SSSR count). The molecule has 3 atom stereocenters. The standard InChI is InChI=1S/C32H37N3O7/c1-21(2)17-28(31(39)40)34-29(37)26(19-23-13-15-25(36)16-14-23)33-30(38)27(18-22-9-5-3-6-10-22)35-32(41)42-20-24-11-7-4-8-12-24/h3-16,21,26-28,36H,17-20H2,1-2H3,(H,33,38)(H,34,37)(H,35,41)(H,39,40)/t26-,27-,28-/m0/s1. The normalized spacial score (nSPS) is 12.9. The molecule has 0 fully saturated rings. The summed E-state index contributed by atoms with van der Waals surface area (Å²) in [6.07, 6.45) is -0.474. The van der Waals surface area contributed by atoms with E-state index in [0.717, 1.165) is 11.1 Å². The number of carboxylic acids is 1. The summed E-state index contributed by atoms with van der Waals surface area (Å²) >= 11 is 0. The van der Waals surface area contributed by atoms with Crippen molar-refractivity contribution in [2.45, 2.75) is 57.8 Å². The van der Waals surface area contributed by atoms with Crippen molar-refractivity contribution in [3.05, 3.63) is 102 Å². The van der Waals surface area contributed by atoms with Gasteiger partial charge in [-0.05, 0) is 41.2 Å². The lowest BCUT2D eigenvalue weighted by Crippen LogP contribution is -2.57. The highest BCUT2D eigenvalue weighted by Crippen LogP contribution is 2.13. The topological polar surface area (TPSA) is 154 Å². The van der Waals surface area contributed by atoms with Crippen LogP contribution in [0.2, 0.25) is 0 Å². The third-order valence-electron chi connectivity index (χ3n) is 6.43. The van der Waals surface area contributed by atoms with Crippen molar-refractivity contribution >= 4 is 23.9 Å². The largest absolute Gasteiger partial charge is 0.508 e. The lowest BCUT2D eigenvalue weighted by molar-refractivity contribution is -0.142. The van der Waals surface area contributed by atoms with Gasteiger partial charge in [-0.2, -0.15) is 0 Å². The number of hydrogen-bond donors (Lipinski definition) is 5. The SMILES string of the molecule is CC(C)C[C@H](NC(=O)[C@H](Cc1ccc(O)cc1)NC(=O)[C@H](Cc1ccccc1)NC(=O)OCc1ccccc1)C(=O)O. The van der Waals surface area contributed by atoms with Crippen molar-refractivity contribution in [1.29, 1.82) is 0 Å². The highest BCUT2D eigenvalue weighted by atomic mass is 16.5. The average Bonchev–Trinajstić information content (AvgIpc) is 2.97. The molecule has 3 aromatic carbocycles. The van der Waals surface area contributed by atoms with Crippen LogP contribution in [0.4, 0.5) is 4.79 Å². The van der Waals surface area contributed by atoms with E-state index in [1.807, 2.05) is 38.1 Å². The molecule has 0 unspecified atom stereocenters. The van der Waals surface area contributed by atoms with Gasteiger partial charge >= 0.3 is 12.1 Å². The molecule has 222 valence electrons. The van der Waals surface area contributed by atoms with Crippen molar-refractivity contribution in [2.75, 3.05) is 0 Å². The minimum Gasteiger partial charge on any atom is -0.508 e. The number of ether oxygens (including phenoxy) is 1. The lowest BCUT2D eigenvalue weighted by Gasteiger charge is -2.25. The first kappa shape index (κ1) is 31.7. The Morgan fingerprint density at radius 3 is 1.67 bits per heavy atom. The van der Waals surface area contributed by atoms with Crippen LogP contribution in [0.3, 0.4) is 0 Å². The molecule has 0 saturated carbocycles. The molecule has 5 N–H and O–H groups in total. The van der Waals surface area contributed by atoms with Crippen molar-refractivity contribution in [1.82, 2.24) is 16.0 Å². The number of amides is 3. The molecule has 0 bridgehead atoms. The maximum Gasteiger partial charge on any atom is 0.408 e. The van der Waals surface area contributed by atoms with Crippen LogP contribution in [0.1, 0.15) is 37.0 Å². The Kier molecular flexibility index (Phi) is 11.9. The minimum atomic E-state index is -1.18. The van der Waals surface area contributed by atoms with Crippen molar-refractivity contribution in [3.8, 4) is 5.75 Å². The Hall–Kier alpha value is -4.86. The zero-order valence-corrected chi connectivity index (χ0v) is 23.7. The molecule has 3 aromatic rings. The number of rotatable bonds is 14. The van der Waals surface area contributed by atoms with Gasteiger partial charge in [0, 0.05) is 12.8 Å². The second kappa shape index (κ2) is 15.8. The van der Waals surface area contributed by atoms with Gasteiger partial charge in [0.1, 0.15) is 30.5 Å². The van der Waals surface area contributed by atoms with Gasteiger partial charge in [0.15, 0.2) is 0 Å². The van der Waals surface area contributed by atoms with Crippen LogP contribution < -0.4 is 16.0 Å². The number of carbonyl (C=O) groups excluding carboxylic acids is 3. The van der Waals surface area contributed by atoms with Crippen LogP contribution in [0.5, 0.6) is 5.75 Å². The first-order chi connectivity index (χ1) is 20.1. The first-order valence-electron chi connectivity index (χ1n) is 13.7. The van der Waals surface area contributed by atoms with Gasteiger partial charge in [-0.15, -0.1) is 0 Å². The fraction of sp³-hybridized carbons (Fsp3) is 0.312. The quantitative estimate of drug-likeness (QED) is 0.197. The predicted molar refractivity (Wildman–Crippen MR) is 156 cm³/mol. The smallest absolute Gasteiger partial charge is 0.408 e. The van der Waals surface area contributed by atoms with E-state index in [1.165, 1.54) is 12.1 Å². The summed E-state index contributed by atoms with van der Waals surface area (Å²) in [5.41, 5.74) is 2.17. The molecule has 42 heavy (non-hydrogen) atoms. The lowest BCUT2D eigenvalue weighted by atomic mass is 10.0. The molecule has 0 aliphatic heterocycles. The van der Waals surface area contributed by atoms with Crippen LogP contribution in [0.15, 0.2) is 84.9 Å². The van der Waals surface area contributed by atoms with Gasteiger partial charge in [-0.25, -0.2) is 9.59 Å². The van der Waals surface area contributed by atoms with Gasteiger partial charge in [-0.1, -0.05) is 86.6 Å². The Morgan fingerprint density at radius 2 is 1.14 bits per heavy atom. The fourth-order valence-corrected chi connectivity index (χ4v) is 4.28. The summed E-state index contributed by atoms with van der Waals surface area (Å²) in [7, 11) is 0. The zero-order chi connectivity index (χ0) is 30.5. The number of carbonyl (C=O) groups is 4. The number of alkyl carbamates (subject to hydrolysis) is 1. The van der Waals surface area contributed by atoms with Crippen molar-refractivity contribution in [2.24, 2.45) is 5.92 Å². The molecule has 0 saturated heterocycles. The van der Waals surface area contributed by atoms with Crippen molar-refractivity contribution in [3.63, 3.8) is 0 Å². The van der Waals surface area contributed by atoms with E-state index in [-0.39, 0.29) is 37.5 Å². The summed E-state index contributed by atoms with van der Waals surface area (Å²) in [5.74, 6) is -2.48. The predicted octanol–water partition coefficient (Wildman–Crippen LogP) is 3.57. The molecule has 0 aliphatic rings. The van der Waals surface area contributed by atoms with Gasteiger partial charge in [0.2, 0.25) is 11.8 Å². The van der Waals surface area contributed by atoms with E-state index >= 15 is 0 Å². The van der Waals surface area contributed by atoms with Gasteiger partial charge in [0.05, 0.1) is 0 Å². The van der Waals surface area contributed by atoms with Crippen LogP contribution >= 0.6 is 0 Å². The summed E-state index contributed by atoms with van der Waals surface area (Å²) in [6.45, 7) is 3.69. The Morgan fingerprint density at radius 1 is 0.667 bits per heavy atom. The highest BCUT2D eigenvalue weighted by molar-refractivity contribution is 5.93. The number of phenols is 1. The number of aromatic hydroxyl groups is 1. The second-order valence-electron chi connectivity index (χ2n) is 10.4. The molecular formula is C32H37N3O7. The zero-order valence-electron chi connectivity index (χ0n) is 23.7. The molecule has 0 aliphatic carbocycles. The first-order valence-corrected chi connectivity index (χ1v) is 13.7. The van der Waals surface area contributed by atoms with Gasteiger partial charge < -0.3 is 30.9 Å². The monoisotopic (exact) mass is 575 g/mol.